The monoisotopic (exact) mass is 478 g/mol. The summed E-state index contributed by atoms with van der Waals surface area (Å²) < 4.78 is 11.7. The molecule has 8 atom stereocenters. The first-order chi connectivity index (χ1) is 16.8. The summed E-state index contributed by atoms with van der Waals surface area (Å²) in [5.41, 5.74) is 2.86. The van der Waals surface area contributed by atoms with E-state index >= 15 is 0 Å². The summed E-state index contributed by atoms with van der Waals surface area (Å²) >= 11 is 0. The number of carbonyl (C=O) groups is 2. The van der Waals surface area contributed by atoms with Crippen molar-refractivity contribution >= 4 is 11.9 Å². The van der Waals surface area contributed by atoms with Crippen LogP contribution in [-0.2, 0) is 19.1 Å². The highest BCUT2D eigenvalue weighted by molar-refractivity contribution is 5.74. The van der Waals surface area contributed by atoms with Crippen LogP contribution in [0.1, 0.15) is 97.1 Å². The molecule has 35 heavy (non-hydrogen) atoms. The lowest BCUT2D eigenvalue weighted by molar-refractivity contribution is -0.162. The molecule has 4 nitrogen and oxygen atoms in total. The van der Waals surface area contributed by atoms with Crippen molar-refractivity contribution in [3.8, 4) is 0 Å². The van der Waals surface area contributed by atoms with Crippen LogP contribution >= 0.6 is 0 Å². The van der Waals surface area contributed by atoms with Gasteiger partial charge in [0.05, 0.1) is 5.92 Å². The zero-order chi connectivity index (χ0) is 24.8. The second kappa shape index (κ2) is 9.41. The Labute approximate surface area is 210 Å². The molecule has 5 rings (SSSR count). The van der Waals surface area contributed by atoms with Gasteiger partial charge in [-0.1, -0.05) is 56.7 Å². The molecule has 3 saturated carbocycles. The van der Waals surface area contributed by atoms with Gasteiger partial charge in [-0.15, -0.1) is 0 Å². The van der Waals surface area contributed by atoms with Gasteiger partial charge in [-0.05, 0) is 98.0 Å². The van der Waals surface area contributed by atoms with Gasteiger partial charge in [0.15, 0.2) is 0 Å². The minimum Gasteiger partial charge on any atom is -0.458 e. The third kappa shape index (κ3) is 4.25. The van der Waals surface area contributed by atoms with E-state index in [4.69, 9.17) is 9.47 Å². The molecule has 4 aliphatic rings. The van der Waals surface area contributed by atoms with Gasteiger partial charge in [0, 0.05) is 6.92 Å². The molecule has 0 N–H and O–H groups in total. The van der Waals surface area contributed by atoms with Crippen molar-refractivity contribution in [2.75, 3.05) is 0 Å². The van der Waals surface area contributed by atoms with Gasteiger partial charge < -0.3 is 9.47 Å². The van der Waals surface area contributed by atoms with Crippen molar-refractivity contribution in [3.05, 3.63) is 47.5 Å². The predicted octanol–water partition coefficient (Wildman–Crippen LogP) is 7.19. The topological polar surface area (TPSA) is 52.6 Å². The first kappa shape index (κ1) is 24.6. The minimum absolute atomic E-state index is 0.00987. The zero-order valence-corrected chi connectivity index (χ0v) is 21.9. The van der Waals surface area contributed by atoms with E-state index in [0.29, 0.717) is 17.8 Å². The molecule has 4 aliphatic carbocycles. The number of rotatable bonds is 5. The highest BCUT2D eigenvalue weighted by Crippen LogP contribution is 2.67. The molecule has 0 saturated heterocycles. The minimum atomic E-state index is -0.181. The van der Waals surface area contributed by atoms with Gasteiger partial charge in [0.25, 0.3) is 0 Å². The van der Waals surface area contributed by atoms with Crippen LogP contribution in [0.3, 0.4) is 0 Å². The molecule has 0 amide bonds. The van der Waals surface area contributed by atoms with E-state index in [1.54, 1.807) is 0 Å². The molecular formula is C31H42O4. The molecule has 0 unspecified atom stereocenters. The maximum absolute atomic E-state index is 13.6. The Morgan fingerprint density at radius 1 is 1.00 bits per heavy atom. The standard InChI is InChI=1S/C31H42O4/c1-5-28(21-9-7-6-8-10-21)35-29(33)27-14-13-25-24-12-11-22-19-23(34-20(2)32)15-17-30(22,3)26(24)16-18-31(25,27)4/h6-10,19,23-28H,5,11-18H2,1-4H3/t23-,24-,25-,26-,27+,28-,30-,31-/m0/s1. The van der Waals surface area contributed by atoms with E-state index in [2.05, 4.69) is 39.0 Å². The van der Waals surface area contributed by atoms with E-state index in [1.807, 2.05) is 18.2 Å². The van der Waals surface area contributed by atoms with Crippen LogP contribution in [-0.4, -0.2) is 18.0 Å². The average Bonchev–Trinajstić information content (AvgIpc) is 3.20. The number of fused-ring (bicyclic) bond motifs is 5. The fraction of sp³-hybridized carbons (Fsp3) is 0.677. The summed E-state index contributed by atoms with van der Waals surface area (Å²) in [5.74, 6) is 1.79. The maximum atomic E-state index is 13.6. The number of benzene rings is 1. The molecule has 1 aromatic rings. The fourth-order valence-corrected chi connectivity index (χ4v) is 8.67. The van der Waals surface area contributed by atoms with E-state index in [9.17, 15) is 9.59 Å². The molecule has 0 spiro atoms. The van der Waals surface area contributed by atoms with Crippen LogP contribution in [0.25, 0.3) is 0 Å². The van der Waals surface area contributed by atoms with E-state index in [1.165, 1.54) is 25.3 Å². The lowest BCUT2D eigenvalue weighted by Crippen LogP contribution is -2.51. The molecule has 0 aliphatic heterocycles. The first-order valence-corrected chi connectivity index (χ1v) is 13.9. The molecule has 0 bridgehead atoms. The summed E-state index contributed by atoms with van der Waals surface area (Å²) in [6.07, 6.45) is 11.6. The van der Waals surface area contributed by atoms with Gasteiger partial charge in [-0.2, -0.15) is 0 Å². The molecule has 1 aromatic carbocycles. The molecule has 0 heterocycles. The van der Waals surface area contributed by atoms with Crippen molar-refractivity contribution < 1.29 is 19.1 Å². The summed E-state index contributed by atoms with van der Waals surface area (Å²) in [6, 6.07) is 10.2. The predicted molar refractivity (Wildman–Crippen MR) is 136 cm³/mol. The summed E-state index contributed by atoms with van der Waals surface area (Å²) in [6.45, 7) is 8.46. The molecule has 4 heteroatoms. The van der Waals surface area contributed by atoms with Gasteiger partial charge in [0.1, 0.15) is 12.2 Å². The van der Waals surface area contributed by atoms with Crippen LogP contribution in [0.4, 0.5) is 0 Å². The van der Waals surface area contributed by atoms with E-state index in [0.717, 1.165) is 50.5 Å². The molecule has 0 radical (unpaired) electrons. The number of esters is 2. The Morgan fingerprint density at radius 2 is 1.77 bits per heavy atom. The van der Waals surface area contributed by atoms with Crippen LogP contribution in [0, 0.1) is 34.5 Å². The second-order valence-corrected chi connectivity index (χ2v) is 12.1. The Morgan fingerprint density at radius 3 is 2.49 bits per heavy atom. The molecule has 3 fully saturated rings. The SMILES string of the molecule is CC[C@H](OC(=O)[C@H]1CC[C@H]2[C@@H]3CCC4=C[C@@H](OC(C)=O)CC[C@]4(C)[C@H]3CC[C@]12C)c1ccccc1. The van der Waals surface area contributed by atoms with Gasteiger partial charge in [-0.25, -0.2) is 0 Å². The zero-order valence-electron chi connectivity index (χ0n) is 21.9. The smallest absolute Gasteiger partial charge is 0.310 e. The highest BCUT2D eigenvalue weighted by Gasteiger charge is 2.60. The van der Waals surface area contributed by atoms with Crippen molar-refractivity contribution in [1.29, 1.82) is 0 Å². The van der Waals surface area contributed by atoms with Crippen LogP contribution < -0.4 is 0 Å². The van der Waals surface area contributed by atoms with E-state index < -0.39 is 0 Å². The lowest BCUT2D eigenvalue weighted by Gasteiger charge is -2.58. The summed E-state index contributed by atoms with van der Waals surface area (Å²) in [4.78, 5) is 25.1. The Balaban J connectivity index is 1.31. The molecule has 0 aromatic heterocycles. The maximum Gasteiger partial charge on any atom is 0.310 e. The van der Waals surface area contributed by atoms with Crippen molar-refractivity contribution in [2.24, 2.45) is 34.5 Å². The number of hydrogen-bond acceptors (Lipinski definition) is 4. The lowest BCUT2D eigenvalue weighted by atomic mass is 9.47. The Bertz CT molecular complexity index is 983. The number of carbonyl (C=O) groups excluding carboxylic acids is 2. The van der Waals surface area contributed by atoms with Crippen molar-refractivity contribution in [3.63, 3.8) is 0 Å². The van der Waals surface area contributed by atoms with Crippen LogP contribution in [0.2, 0.25) is 0 Å². The number of ether oxygens (including phenoxy) is 2. The van der Waals surface area contributed by atoms with Gasteiger partial charge in [0.2, 0.25) is 0 Å². The Hall–Kier alpha value is -2.10. The summed E-state index contributed by atoms with van der Waals surface area (Å²) in [7, 11) is 0. The van der Waals surface area contributed by atoms with Crippen LogP contribution in [0.15, 0.2) is 42.0 Å². The molecular weight excluding hydrogens is 436 g/mol. The van der Waals surface area contributed by atoms with E-state index in [-0.39, 0.29) is 40.9 Å². The van der Waals surface area contributed by atoms with Gasteiger partial charge >= 0.3 is 11.9 Å². The largest absolute Gasteiger partial charge is 0.458 e. The third-order valence-electron chi connectivity index (χ3n) is 10.5. The molecule has 190 valence electrons. The fourth-order valence-electron chi connectivity index (χ4n) is 8.67. The summed E-state index contributed by atoms with van der Waals surface area (Å²) in [5, 5.41) is 0. The first-order valence-electron chi connectivity index (χ1n) is 13.9. The van der Waals surface area contributed by atoms with Crippen LogP contribution in [0.5, 0.6) is 0 Å². The Kier molecular flexibility index (Phi) is 6.61. The third-order valence-corrected chi connectivity index (χ3v) is 10.5. The van der Waals surface area contributed by atoms with Crippen molar-refractivity contribution in [2.45, 2.75) is 97.7 Å². The average molecular weight is 479 g/mol. The normalized spacial score (nSPS) is 38.9. The number of hydrogen-bond donors (Lipinski definition) is 0. The number of allylic oxidation sites excluding steroid dienone is 1. The van der Waals surface area contributed by atoms with Gasteiger partial charge in [-0.3, -0.25) is 9.59 Å². The second-order valence-electron chi connectivity index (χ2n) is 12.1. The van der Waals surface area contributed by atoms with Crippen molar-refractivity contribution in [1.82, 2.24) is 0 Å². The highest BCUT2D eigenvalue weighted by atomic mass is 16.5. The quantitative estimate of drug-likeness (QED) is 0.332.